The van der Waals surface area contributed by atoms with Crippen molar-refractivity contribution >= 4 is 23.1 Å². The van der Waals surface area contributed by atoms with E-state index >= 15 is 0 Å². The first-order valence-corrected chi connectivity index (χ1v) is 4.07. The van der Waals surface area contributed by atoms with Crippen LogP contribution in [0.1, 0.15) is 33.6 Å². The maximum atomic E-state index is 11.1. The van der Waals surface area contributed by atoms with E-state index in [0.29, 0.717) is 12.8 Å². The Kier molecular flexibility index (Phi) is 7.48. The molecule has 1 nitrogen and oxygen atoms in total. The monoisotopic (exact) mass is 178 g/mol. The van der Waals surface area contributed by atoms with E-state index in [2.05, 4.69) is 13.5 Å². The Hall–Kier alpha value is 0.466. The molecule has 2 unspecified atom stereocenters. The molecule has 0 aromatic carbocycles. The number of allylic oxidation sites excluding steroid dienone is 1. The zero-order valence-corrected chi connectivity index (χ0v) is 9.94. The van der Waals surface area contributed by atoms with Crippen molar-refractivity contribution in [2.24, 2.45) is 5.41 Å². The summed E-state index contributed by atoms with van der Waals surface area (Å²) in [5, 5.41) is 11.1. The Morgan fingerprint density at radius 1 is 1.67 bits per heavy atom. The first kappa shape index (κ1) is 15.0. The molecule has 0 N–H and O–H groups in total. The molecule has 0 aromatic rings. The average molecular weight is 179 g/mol. The predicted molar refractivity (Wildman–Crippen MR) is 52.7 cm³/mol. The van der Waals surface area contributed by atoms with Gasteiger partial charge in [0, 0.05) is 0 Å². The largest absolute Gasteiger partial charge is 2.00 e. The maximum Gasteiger partial charge on any atom is 2.00 e. The van der Waals surface area contributed by atoms with Crippen molar-refractivity contribution < 1.29 is 5.11 Å². The van der Waals surface area contributed by atoms with Crippen LogP contribution in [0.5, 0.6) is 0 Å². The molecule has 0 rings (SSSR count). The summed E-state index contributed by atoms with van der Waals surface area (Å²) >= 11 is 0. The third-order valence-corrected chi connectivity index (χ3v) is 2.16. The van der Waals surface area contributed by atoms with Crippen molar-refractivity contribution in [3.63, 3.8) is 0 Å². The molecule has 0 aliphatic rings. The van der Waals surface area contributed by atoms with Crippen LogP contribution < -0.4 is 5.11 Å². The van der Waals surface area contributed by atoms with Crippen LogP contribution in [0, 0.1) is 12.3 Å². The number of hydrogen-bond acceptors (Lipinski definition) is 1. The van der Waals surface area contributed by atoms with Crippen LogP contribution in [0.2, 0.25) is 0 Å². The van der Waals surface area contributed by atoms with Crippen LogP contribution in [-0.2, 0) is 0 Å². The maximum absolute atomic E-state index is 11.1. The third-order valence-electron chi connectivity index (χ3n) is 2.16. The molecule has 0 saturated heterocycles. The standard InChI is InChI=1S/C10H18O.Mg/c1-6-9(11)7-10(4,5)8(2)3;/h9H,2,4,6-7H2,1,3,5H3;/q-2;+2. The molecule has 0 saturated carbocycles. The van der Waals surface area contributed by atoms with Gasteiger partial charge in [-0.25, -0.2) is 0 Å². The topological polar surface area (TPSA) is 23.1 Å². The molecule has 0 radical (unpaired) electrons. The van der Waals surface area contributed by atoms with E-state index in [1.54, 1.807) is 0 Å². The Labute approximate surface area is 92.4 Å². The van der Waals surface area contributed by atoms with Crippen molar-refractivity contribution in [3.05, 3.63) is 19.1 Å². The fraction of sp³-hybridized carbons (Fsp3) is 0.700. The molecule has 0 aliphatic carbocycles. The molecule has 2 heteroatoms. The quantitative estimate of drug-likeness (QED) is 0.364. The molecule has 0 spiro atoms. The second-order valence-electron chi connectivity index (χ2n) is 3.58. The third kappa shape index (κ3) is 5.17. The van der Waals surface area contributed by atoms with Gasteiger partial charge in [-0.3, -0.25) is 0 Å². The predicted octanol–water partition coefficient (Wildman–Crippen LogP) is 1.55. The minimum absolute atomic E-state index is 0. The van der Waals surface area contributed by atoms with E-state index in [1.165, 1.54) is 0 Å². The molecule has 0 fully saturated rings. The molecular weight excluding hydrogens is 160 g/mol. The second kappa shape index (κ2) is 6.00. The fourth-order valence-electron chi connectivity index (χ4n) is 0.821. The summed E-state index contributed by atoms with van der Waals surface area (Å²) in [6.07, 6.45) is 0.784. The van der Waals surface area contributed by atoms with Gasteiger partial charge in [0.15, 0.2) is 0 Å². The second-order valence-corrected chi connectivity index (χ2v) is 3.58. The van der Waals surface area contributed by atoms with Crippen molar-refractivity contribution in [2.45, 2.75) is 39.7 Å². The van der Waals surface area contributed by atoms with Crippen molar-refractivity contribution in [1.82, 2.24) is 0 Å². The normalized spacial score (nSPS) is 17.4. The average Bonchev–Trinajstić information content (AvgIpc) is 1.86. The van der Waals surface area contributed by atoms with E-state index in [4.69, 9.17) is 0 Å². The Morgan fingerprint density at radius 2 is 2.08 bits per heavy atom. The van der Waals surface area contributed by atoms with Gasteiger partial charge < -0.3 is 12.0 Å². The van der Waals surface area contributed by atoms with E-state index in [1.807, 2.05) is 20.8 Å². The van der Waals surface area contributed by atoms with Crippen LogP contribution in [-0.4, -0.2) is 29.2 Å². The summed E-state index contributed by atoms with van der Waals surface area (Å²) in [7, 11) is 0. The van der Waals surface area contributed by atoms with Crippen LogP contribution in [0.25, 0.3) is 0 Å². The first-order chi connectivity index (χ1) is 4.90. The van der Waals surface area contributed by atoms with E-state index in [0.717, 1.165) is 5.57 Å². The summed E-state index contributed by atoms with van der Waals surface area (Å²) < 4.78 is 0. The van der Waals surface area contributed by atoms with E-state index in [-0.39, 0.29) is 28.5 Å². The van der Waals surface area contributed by atoms with Gasteiger partial charge in [0.2, 0.25) is 0 Å². The minimum Gasteiger partial charge on any atom is -0.852 e. The van der Waals surface area contributed by atoms with Gasteiger partial charge in [0.25, 0.3) is 0 Å². The van der Waals surface area contributed by atoms with Crippen molar-refractivity contribution in [1.29, 1.82) is 0 Å². The molecular formula is C10H18MgO. The van der Waals surface area contributed by atoms with Crippen LogP contribution in [0.3, 0.4) is 0 Å². The molecule has 0 bridgehead atoms. The van der Waals surface area contributed by atoms with Crippen molar-refractivity contribution in [3.8, 4) is 0 Å². The molecule has 0 aromatic heterocycles. The Balaban J connectivity index is 0. The molecule has 0 amide bonds. The van der Waals surface area contributed by atoms with E-state index < -0.39 is 6.10 Å². The molecule has 0 aliphatic heterocycles. The Morgan fingerprint density at radius 3 is 2.33 bits per heavy atom. The zero-order valence-electron chi connectivity index (χ0n) is 8.52. The molecule has 0 heterocycles. The minimum atomic E-state index is -0.491. The van der Waals surface area contributed by atoms with Gasteiger partial charge in [-0.15, -0.1) is 23.7 Å². The summed E-state index contributed by atoms with van der Waals surface area (Å²) in [6.45, 7) is 13.6. The fourth-order valence-corrected chi connectivity index (χ4v) is 0.821. The number of rotatable bonds is 4. The zero-order chi connectivity index (χ0) is 9.07. The van der Waals surface area contributed by atoms with Gasteiger partial charge in [-0.05, 0) is 6.92 Å². The first-order valence-electron chi connectivity index (χ1n) is 4.07. The smallest absolute Gasteiger partial charge is 0.852 e. The van der Waals surface area contributed by atoms with E-state index in [9.17, 15) is 5.11 Å². The van der Waals surface area contributed by atoms with Crippen LogP contribution in [0.15, 0.2) is 12.2 Å². The summed E-state index contributed by atoms with van der Waals surface area (Å²) in [5.41, 5.74) is 0.759. The van der Waals surface area contributed by atoms with Gasteiger partial charge in [-0.1, -0.05) is 26.7 Å². The summed E-state index contributed by atoms with van der Waals surface area (Å²) in [4.78, 5) is 0. The molecule has 2 atom stereocenters. The summed E-state index contributed by atoms with van der Waals surface area (Å²) in [5.74, 6) is 0. The van der Waals surface area contributed by atoms with Gasteiger partial charge >= 0.3 is 23.1 Å². The molecule has 12 heavy (non-hydrogen) atoms. The van der Waals surface area contributed by atoms with Crippen LogP contribution >= 0.6 is 0 Å². The SMILES string of the molecule is C=C(C)C([CH2-])(C)CC([O-])CC.[Mg+2]. The van der Waals surface area contributed by atoms with Gasteiger partial charge in [-0.2, -0.15) is 0 Å². The van der Waals surface area contributed by atoms with Gasteiger partial charge in [0.1, 0.15) is 0 Å². The summed E-state index contributed by atoms with van der Waals surface area (Å²) in [6, 6.07) is 0. The van der Waals surface area contributed by atoms with Gasteiger partial charge in [0.05, 0.1) is 0 Å². The molecule has 66 valence electrons. The Bertz CT molecular complexity index is 141. The van der Waals surface area contributed by atoms with Crippen molar-refractivity contribution in [2.75, 3.05) is 0 Å². The number of hydrogen-bond donors (Lipinski definition) is 0. The van der Waals surface area contributed by atoms with Crippen LogP contribution in [0.4, 0.5) is 0 Å².